The average molecular weight is 183 g/mol. The summed E-state index contributed by atoms with van der Waals surface area (Å²) in [5.41, 5.74) is 2.15. The van der Waals surface area contributed by atoms with Crippen molar-refractivity contribution in [3.05, 3.63) is 42.1 Å². The van der Waals surface area contributed by atoms with Crippen molar-refractivity contribution in [3.8, 4) is 0 Å². The van der Waals surface area contributed by atoms with Crippen molar-refractivity contribution in [1.82, 2.24) is 4.90 Å². The number of rotatable bonds is 2. The van der Waals surface area contributed by atoms with Crippen LogP contribution >= 0.6 is 0 Å². The molecule has 1 aliphatic rings. The van der Waals surface area contributed by atoms with Gasteiger partial charge in [-0.2, -0.15) is 0 Å². The van der Waals surface area contributed by atoms with Crippen molar-refractivity contribution in [2.45, 2.75) is 13.5 Å². The molecule has 1 heterocycles. The van der Waals surface area contributed by atoms with Crippen LogP contribution < -0.4 is 5.46 Å². The lowest BCUT2D eigenvalue weighted by atomic mass is 9.95. The van der Waals surface area contributed by atoms with Crippen molar-refractivity contribution in [2.75, 3.05) is 6.54 Å². The fraction of sp³-hybridized carbons (Fsp3) is 0.333. The van der Waals surface area contributed by atoms with E-state index >= 15 is 0 Å². The van der Waals surface area contributed by atoms with Gasteiger partial charge in [-0.3, -0.25) is 0 Å². The Bertz CT molecular complexity index is 329. The maximum absolute atomic E-state index is 5.63. The van der Waals surface area contributed by atoms with Crippen molar-refractivity contribution in [3.63, 3.8) is 0 Å². The second-order valence-electron chi connectivity index (χ2n) is 3.99. The normalized spacial score (nSPS) is 20.4. The number of benzene rings is 1. The highest BCUT2D eigenvalue weighted by molar-refractivity contribution is 6.32. The van der Waals surface area contributed by atoms with Gasteiger partial charge in [-0.25, -0.2) is 0 Å². The van der Waals surface area contributed by atoms with Crippen LogP contribution in [0.2, 0.25) is 0 Å². The van der Waals surface area contributed by atoms with Crippen LogP contribution in [-0.2, 0) is 6.54 Å². The van der Waals surface area contributed by atoms with E-state index in [-0.39, 0.29) is 0 Å². The third-order valence-corrected chi connectivity index (χ3v) is 2.51. The first-order valence-corrected chi connectivity index (χ1v) is 5.01. The van der Waals surface area contributed by atoms with E-state index in [1.54, 1.807) is 0 Å². The molecule has 0 amide bonds. The molecule has 0 fully saturated rings. The van der Waals surface area contributed by atoms with E-state index in [1.165, 1.54) is 5.56 Å². The van der Waals surface area contributed by atoms with E-state index in [2.05, 4.69) is 36.2 Å². The third kappa shape index (κ3) is 2.19. The summed E-state index contributed by atoms with van der Waals surface area (Å²) in [6.45, 7) is 4.35. The minimum Gasteiger partial charge on any atom is -0.373 e. The Morgan fingerprint density at radius 3 is 2.64 bits per heavy atom. The van der Waals surface area contributed by atoms with E-state index in [1.807, 2.05) is 12.1 Å². The molecule has 1 aliphatic heterocycles. The Kier molecular flexibility index (Phi) is 2.62. The molecule has 1 unspecified atom stereocenters. The summed E-state index contributed by atoms with van der Waals surface area (Å²) < 4.78 is 0. The summed E-state index contributed by atoms with van der Waals surface area (Å²) in [4.78, 5) is 2.33. The molecule has 0 saturated carbocycles. The molecule has 1 nitrogen and oxygen atoms in total. The highest BCUT2D eigenvalue weighted by Crippen LogP contribution is 2.14. The van der Waals surface area contributed by atoms with E-state index < -0.39 is 0 Å². The lowest BCUT2D eigenvalue weighted by molar-refractivity contribution is 0.370. The zero-order valence-electron chi connectivity index (χ0n) is 8.48. The molecule has 70 valence electrons. The smallest absolute Gasteiger partial charge is 0.113 e. The molecule has 2 heteroatoms. The lowest BCUT2D eigenvalue weighted by Gasteiger charge is -2.16. The van der Waals surface area contributed by atoms with Crippen LogP contribution in [0.5, 0.6) is 0 Å². The van der Waals surface area contributed by atoms with Crippen molar-refractivity contribution in [2.24, 2.45) is 5.92 Å². The van der Waals surface area contributed by atoms with Crippen LogP contribution in [0, 0.1) is 5.92 Å². The Labute approximate surface area is 86.8 Å². The van der Waals surface area contributed by atoms with E-state index in [0.717, 1.165) is 18.6 Å². The van der Waals surface area contributed by atoms with Gasteiger partial charge in [0.1, 0.15) is 7.85 Å². The molecule has 2 radical (unpaired) electrons. The molecular formula is C12H14BN. The van der Waals surface area contributed by atoms with Crippen LogP contribution in [0.1, 0.15) is 12.5 Å². The van der Waals surface area contributed by atoms with Crippen LogP contribution in [0.25, 0.3) is 0 Å². The standard InChI is InChI=1S/C12H14BN/c1-10-6-7-14(8-10)9-11-2-4-12(13)5-3-11/h2-7,10H,8-9H2,1H3. The SMILES string of the molecule is [B]c1ccc(CN2C=CC(C)C2)cc1. The van der Waals surface area contributed by atoms with Gasteiger partial charge >= 0.3 is 0 Å². The highest BCUT2D eigenvalue weighted by Gasteiger charge is 2.10. The molecule has 0 bridgehead atoms. The monoisotopic (exact) mass is 183 g/mol. The molecule has 0 saturated heterocycles. The van der Waals surface area contributed by atoms with Crippen LogP contribution in [0.15, 0.2) is 36.5 Å². The van der Waals surface area contributed by atoms with Crippen LogP contribution in [-0.4, -0.2) is 19.3 Å². The van der Waals surface area contributed by atoms with Gasteiger partial charge in [0.15, 0.2) is 0 Å². The summed E-state index contributed by atoms with van der Waals surface area (Å²) in [5.74, 6) is 0.684. The first kappa shape index (κ1) is 9.38. The van der Waals surface area contributed by atoms with E-state index in [0.29, 0.717) is 5.92 Å². The Balaban J connectivity index is 1.98. The van der Waals surface area contributed by atoms with Gasteiger partial charge in [-0.15, -0.1) is 0 Å². The highest BCUT2D eigenvalue weighted by atomic mass is 15.1. The molecule has 0 aliphatic carbocycles. The number of hydrogen-bond acceptors (Lipinski definition) is 1. The molecule has 0 spiro atoms. The van der Waals surface area contributed by atoms with Crippen LogP contribution in [0.3, 0.4) is 0 Å². The minimum absolute atomic E-state index is 0.684. The molecule has 1 aromatic carbocycles. The fourth-order valence-electron chi connectivity index (χ4n) is 1.74. The van der Waals surface area contributed by atoms with Gasteiger partial charge in [0.25, 0.3) is 0 Å². The summed E-state index contributed by atoms with van der Waals surface area (Å²) >= 11 is 0. The van der Waals surface area contributed by atoms with Crippen molar-refractivity contribution >= 4 is 13.3 Å². The lowest BCUT2D eigenvalue weighted by Crippen LogP contribution is -2.17. The Morgan fingerprint density at radius 1 is 1.36 bits per heavy atom. The zero-order valence-corrected chi connectivity index (χ0v) is 8.48. The molecule has 0 N–H and O–H groups in total. The number of hydrogen-bond donors (Lipinski definition) is 0. The average Bonchev–Trinajstić information content (AvgIpc) is 2.56. The van der Waals surface area contributed by atoms with Crippen LogP contribution in [0.4, 0.5) is 0 Å². The first-order valence-electron chi connectivity index (χ1n) is 5.01. The maximum Gasteiger partial charge on any atom is 0.113 e. The summed E-state index contributed by atoms with van der Waals surface area (Å²) in [5, 5.41) is 0. The van der Waals surface area contributed by atoms with Gasteiger partial charge in [0.2, 0.25) is 0 Å². The third-order valence-electron chi connectivity index (χ3n) is 2.51. The zero-order chi connectivity index (χ0) is 9.97. The van der Waals surface area contributed by atoms with Gasteiger partial charge in [0.05, 0.1) is 0 Å². The first-order chi connectivity index (χ1) is 6.74. The molecule has 1 atom stereocenters. The van der Waals surface area contributed by atoms with Gasteiger partial charge in [0, 0.05) is 13.1 Å². The largest absolute Gasteiger partial charge is 0.373 e. The predicted octanol–water partition coefficient (Wildman–Crippen LogP) is 1.45. The minimum atomic E-state index is 0.684. The van der Waals surface area contributed by atoms with Gasteiger partial charge in [-0.1, -0.05) is 42.7 Å². The molecule has 14 heavy (non-hydrogen) atoms. The van der Waals surface area contributed by atoms with Gasteiger partial charge in [-0.05, 0) is 17.7 Å². The second-order valence-corrected chi connectivity index (χ2v) is 3.99. The maximum atomic E-state index is 5.63. The van der Waals surface area contributed by atoms with Crippen molar-refractivity contribution < 1.29 is 0 Å². The molecule has 1 aromatic rings. The number of nitrogens with zero attached hydrogens (tertiary/aromatic N) is 1. The quantitative estimate of drug-likeness (QED) is 0.627. The van der Waals surface area contributed by atoms with E-state index in [9.17, 15) is 0 Å². The van der Waals surface area contributed by atoms with Crippen molar-refractivity contribution in [1.29, 1.82) is 0 Å². The van der Waals surface area contributed by atoms with Gasteiger partial charge < -0.3 is 4.90 Å². The molecule has 0 aromatic heterocycles. The van der Waals surface area contributed by atoms with E-state index in [4.69, 9.17) is 7.85 Å². The predicted molar refractivity (Wildman–Crippen MR) is 60.5 cm³/mol. The second kappa shape index (κ2) is 3.91. The molecular weight excluding hydrogens is 169 g/mol. The fourth-order valence-corrected chi connectivity index (χ4v) is 1.74. The Morgan fingerprint density at radius 2 is 2.07 bits per heavy atom. The summed E-state index contributed by atoms with van der Waals surface area (Å²) in [6, 6.07) is 8.09. The Hall–Kier alpha value is -1.18. The molecule has 2 rings (SSSR count). The summed E-state index contributed by atoms with van der Waals surface area (Å²) in [7, 11) is 5.63. The summed E-state index contributed by atoms with van der Waals surface area (Å²) in [6.07, 6.45) is 4.43. The topological polar surface area (TPSA) is 3.24 Å².